The van der Waals surface area contributed by atoms with Crippen molar-refractivity contribution in [3.8, 4) is 0 Å². The Bertz CT molecular complexity index is 1100. The van der Waals surface area contributed by atoms with Crippen LogP contribution >= 0.6 is 11.8 Å². The van der Waals surface area contributed by atoms with E-state index in [0.717, 1.165) is 23.9 Å². The van der Waals surface area contributed by atoms with Gasteiger partial charge in [-0.05, 0) is 24.8 Å². The van der Waals surface area contributed by atoms with Gasteiger partial charge >= 0.3 is 0 Å². The number of thioether (sulfide) groups is 1. The number of nitrogens with zero attached hydrogens (tertiary/aromatic N) is 5. The molecule has 0 spiro atoms. The van der Waals surface area contributed by atoms with E-state index in [-0.39, 0.29) is 5.56 Å². The van der Waals surface area contributed by atoms with E-state index in [1.54, 1.807) is 10.7 Å². The molecule has 0 aliphatic carbocycles. The molecule has 0 atom stereocenters. The first-order valence-corrected chi connectivity index (χ1v) is 8.68. The molecule has 7 heteroatoms. The summed E-state index contributed by atoms with van der Waals surface area (Å²) < 4.78 is 3.64. The van der Waals surface area contributed by atoms with Crippen LogP contribution in [-0.4, -0.2) is 30.4 Å². The van der Waals surface area contributed by atoms with Crippen molar-refractivity contribution in [3.63, 3.8) is 0 Å². The van der Waals surface area contributed by atoms with Crippen molar-refractivity contribution in [3.05, 3.63) is 40.8 Å². The van der Waals surface area contributed by atoms with Crippen molar-refractivity contribution < 1.29 is 0 Å². The monoisotopic (exact) mass is 325 g/mol. The highest BCUT2D eigenvalue weighted by molar-refractivity contribution is 7.98. The van der Waals surface area contributed by atoms with Gasteiger partial charge in [0, 0.05) is 18.1 Å². The average Bonchev–Trinajstić information content (AvgIpc) is 2.89. The van der Waals surface area contributed by atoms with Gasteiger partial charge < -0.3 is 0 Å². The Morgan fingerprint density at radius 1 is 1.17 bits per heavy atom. The van der Waals surface area contributed by atoms with Gasteiger partial charge in [-0.3, -0.25) is 9.48 Å². The lowest BCUT2D eigenvalue weighted by Gasteiger charge is -2.06. The molecule has 0 bridgehead atoms. The van der Waals surface area contributed by atoms with E-state index in [9.17, 15) is 4.79 Å². The number of hydrogen-bond acceptors (Lipinski definition) is 5. The highest BCUT2D eigenvalue weighted by Crippen LogP contribution is 2.22. The molecule has 3 heterocycles. The molecule has 4 aromatic rings. The summed E-state index contributed by atoms with van der Waals surface area (Å²) in [7, 11) is 0. The normalized spacial score (nSPS) is 11.7. The average molecular weight is 325 g/mol. The third-order valence-electron chi connectivity index (χ3n) is 3.86. The van der Waals surface area contributed by atoms with E-state index in [2.05, 4.69) is 21.9 Å². The molecular formula is C16H15N5OS. The summed E-state index contributed by atoms with van der Waals surface area (Å²) in [6, 6.07) is 7.95. The first-order chi connectivity index (χ1) is 11.2. The van der Waals surface area contributed by atoms with E-state index in [4.69, 9.17) is 0 Å². The minimum absolute atomic E-state index is 0.123. The molecule has 0 saturated heterocycles. The summed E-state index contributed by atoms with van der Waals surface area (Å²) in [4.78, 5) is 26.2. The second kappa shape index (κ2) is 5.34. The van der Waals surface area contributed by atoms with Crippen LogP contribution in [0.25, 0.3) is 27.6 Å². The van der Waals surface area contributed by atoms with Gasteiger partial charge in [0.15, 0.2) is 16.5 Å². The van der Waals surface area contributed by atoms with Gasteiger partial charge in [-0.2, -0.15) is 4.52 Å². The zero-order valence-electron chi connectivity index (χ0n) is 12.9. The highest BCUT2D eigenvalue weighted by Gasteiger charge is 2.16. The molecule has 116 valence electrons. The fraction of sp³-hybridized carbons (Fsp3) is 0.250. The zero-order valence-corrected chi connectivity index (χ0v) is 13.7. The number of benzene rings is 1. The number of hydrogen-bond donors (Lipinski definition) is 0. The number of rotatable bonds is 3. The van der Waals surface area contributed by atoms with E-state index in [1.807, 2.05) is 35.2 Å². The Kier molecular flexibility index (Phi) is 3.30. The van der Waals surface area contributed by atoms with E-state index >= 15 is 0 Å². The Hall–Kier alpha value is -2.41. The summed E-state index contributed by atoms with van der Waals surface area (Å²) in [5.74, 6) is 0. The third kappa shape index (κ3) is 2.03. The van der Waals surface area contributed by atoms with Crippen LogP contribution < -0.4 is 5.56 Å². The summed E-state index contributed by atoms with van der Waals surface area (Å²) in [6.07, 6.45) is 4.41. The number of fused-ring (bicyclic) bond motifs is 4. The highest BCUT2D eigenvalue weighted by atomic mass is 32.2. The molecule has 1 aromatic carbocycles. The second-order valence-electron chi connectivity index (χ2n) is 5.29. The lowest BCUT2D eigenvalue weighted by molar-refractivity contribution is 0.578. The fourth-order valence-electron chi connectivity index (χ4n) is 2.88. The van der Waals surface area contributed by atoms with Crippen LogP contribution in [0.1, 0.15) is 13.3 Å². The quantitative estimate of drug-likeness (QED) is 0.428. The Balaban J connectivity index is 2.23. The molecule has 0 radical (unpaired) electrons. The molecule has 0 aliphatic rings. The first-order valence-electron chi connectivity index (χ1n) is 7.45. The third-order valence-corrected chi connectivity index (χ3v) is 4.43. The molecule has 23 heavy (non-hydrogen) atoms. The van der Waals surface area contributed by atoms with Crippen molar-refractivity contribution in [2.45, 2.75) is 25.0 Å². The van der Waals surface area contributed by atoms with Crippen molar-refractivity contribution in [2.75, 3.05) is 6.26 Å². The molecule has 0 aliphatic heterocycles. The van der Waals surface area contributed by atoms with Gasteiger partial charge in [-0.25, -0.2) is 15.0 Å². The van der Waals surface area contributed by atoms with Crippen molar-refractivity contribution >= 4 is 39.3 Å². The summed E-state index contributed by atoms with van der Waals surface area (Å²) in [5.41, 5.74) is 1.99. The van der Waals surface area contributed by atoms with E-state index < -0.39 is 0 Å². The second-order valence-corrected chi connectivity index (χ2v) is 6.06. The molecule has 0 saturated carbocycles. The van der Waals surface area contributed by atoms with Gasteiger partial charge in [-0.1, -0.05) is 30.8 Å². The molecule has 3 aromatic heterocycles. The largest absolute Gasteiger partial charge is 0.283 e. The molecule has 0 amide bonds. The Morgan fingerprint density at radius 3 is 2.78 bits per heavy atom. The molecular weight excluding hydrogens is 310 g/mol. The minimum Gasteiger partial charge on any atom is -0.276 e. The Labute approximate surface area is 136 Å². The maximum Gasteiger partial charge on any atom is 0.283 e. The maximum absolute atomic E-state index is 13.0. The molecule has 4 rings (SSSR count). The Morgan fingerprint density at radius 2 is 2.00 bits per heavy atom. The molecule has 6 nitrogen and oxygen atoms in total. The standard InChI is InChI=1S/C16H15N5OS/c1-3-8-20-12-7-5-4-6-10(12)14-18-13-11(15(22)21(14)20)9-17-16(19-13)23-2/h4-7,9H,3,8H2,1-2H3. The maximum atomic E-state index is 13.0. The van der Waals surface area contributed by atoms with Crippen LogP contribution in [-0.2, 0) is 6.54 Å². The van der Waals surface area contributed by atoms with Gasteiger partial charge in [0.05, 0.1) is 5.52 Å². The number of aryl methyl sites for hydroxylation is 1. The predicted molar refractivity (Wildman–Crippen MR) is 92.1 cm³/mol. The van der Waals surface area contributed by atoms with Gasteiger partial charge in [0.1, 0.15) is 5.39 Å². The molecule has 0 N–H and O–H groups in total. The van der Waals surface area contributed by atoms with Crippen molar-refractivity contribution in [2.24, 2.45) is 0 Å². The summed E-state index contributed by atoms with van der Waals surface area (Å²) in [5, 5.41) is 2.02. The molecule has 0 fully saturated rings. The van der Waals surface area contributed by atoms with Crippen LogP contribution in [0.4, 0.5) is 0 Å². The van der Waals surface area contributed by atoms with Crippen LogP contribution in [0.5, 0.6) is 0 Å². The number of para-hydroxylation sites is 1. The lowest BCUT2D eigenvalue weighted by atomic mass is 10.2. The van der Waals surface area contributed by atoms with E-state index in [1.165, 1.54) is 11.8 Å². The van der Waals surface area contributed by atoms with E-state index in [0.29, 0.717) is 21.8 Å². The van der Waals surface area contributed by atoms with Crippen LogP contribution in [0.3, 0.4) is 0 Å². The van der Waals surface area contributed by atoms with Gasteiger partial charge in [0.2, 0.25) is 0 Å². The van der Waals surface area contributed by atoms with Crippen molar-refractivity contribution in [1.82, 2.24) is 24.1 Å². The SMILES string of the molecule is CCCn1c2ccccc2c2nc3nc(SC)ncc3c(=O)n21. The zero-order chi connectivity index (χ0) is 16.0. The van der Waals surface area contributed by atoms with Gasteiger partial charge in [-0.15, -0.1) is 0 Å². The first kappa shape index (κ1) is 14.2. The van der Waals surface area contributed by atoms with Crippen LogP contribution in [0.15, 0.2) is 40.4 Å². The predicted octanol–water partition coefficient (Wildman–Crippen LogP) is 2.72. The van der Waals surface area contributed by atoms with Crippen molar-refractivity contribution in [1.29, 1.82) is 0 Å². The summed E-state index contributed by atoms with van der Waals surface area (Å²) >= 11 is 1.44. The van der Waals surface area contributed by atoms with Crippen LogP contribution in [0, 0.1) is 0 Å². The van der Waals surface area contributed by atoms with Gasteiger partial charge in [0.25, 0.3) is 5.56 Å². The fourth-order valence-corrected chi connectivity index (χ4v) is 3.21. The summed E-state index contributed by atoms with van der Waals surface area (Å²) in [6.45, 7) is 2.84. The smallest absolute Gasteiger partial charge is 0.276 e. The number of aromatic nitrogens is 5. The molecule has 0 unspecified atom stereocenters. The minimum atomic E-state index is -0.123. The topological polar surface area (TPSA) is 65.1 Å². The van der Waals surface area contributed by atoms with Crippen LogP contribution in [0.2, 0.25) is 0 Å². The lowest BCUT2D eigenvalue weighted by Crippen LogP contribution is -2.22.